The van der Waals surface area contributed by atoms with Gasteiger partial charge >= 0.3 is 0 Å². The molecule has 0 radical (unpaired) electrons. The van der Waals surface area contributed by atoms with Gasteiger partial charge in [0.05, 0.1) is 18.4 Å². The van der Waals surface area contributed by atoms with Gasteiger partial charge in [-0.2, -0.15) is 0 Å². The molecule has 2 N–H and O–H groups in total. The summed E-state index contributed by atoms with van der Waals surface area (Å²) in [7, 11) is 1.41. The van der Waals surface area contributed by atoms with Gasteiger partial charge in [-0.25, -0.2) is 13.8 Å². The molecular formula is C8H9BrF2N2O. The maximum Gasteiger partial charge on any atom is 0.266 e. The Labute approximate surface area is 88.4 Å². The lowest BCUT2D eigenvalue weighted by atomic mass is 10.2. The highest BCUT2D eigenvalue weighted by atomic mass is 79.9. The van der Waals surface area contributed by atoms with Gasteiger partial charge < -0.3 is 10.5 Å². The number of aromatic nitrogens is 1. The maximum absolute atomic E-state index is 12.5. The zero-order valence-corrected chi connectivity index (χ0v) is 9.01. The van der Waals surface area contributed by atoms with Crippen molar-refractivity contribution in [1.82, 2.24) is 4.98 Å². The molecule has 3 nitrogen and oxygen atoms in total. The number of alkyl halides is 2. The molecule has 0 atom stereocenters. The third-order valence-electron chi connectivity index (χ3n) is 1.68. The Morgan fingerprint density at radius 3 is 2.71 bits per heavy atom. The lowest BCUT2D eigenvalue weighted by Gasteiger charge is -2.10. The van der Waals surface area contributed by atoms with Crippen molar-refractivity contribution in [3.05, 3.63) is 21.8 Å². The normalized spacial score (nSPS) is 10.7. The van der Waals surface area contributed by atoms with Crippen LogP contribution >= 0.6 is 15.9 Å². The predicted molar refractivity (Wildman–Crippen MR) is 51.3 cm³/mol. The summed E-state index contributed by atoms with van der Waals surface area (Å²) in [6.07, 6.45) is -2.60. The van der Waals surface area contributed by atoms with Crippen LogP contribution in [0.15, 0.2) is 10.5 Å². The number of pyridine rings is 1. The predicted octanol–water partition coefficient (Wildman–Crippen LogP) is 2.25. The zero-order chi connectivity index (χ0) is 10.7. The number of methoxy groups -OCH3 is 1. The molecule has 0 unspecified atom stereocenters. The average Bonchev–Trinajstić information content (AvgIpc) is 2.15. The molecule has 0 fully saturated rings. The Hall–Kier alpha value is -0.750. The first-order chi connectivity index (χ1) is 6.60. The molecule has 0 spiro atoms. The summed E-state index contributed by atoms with van der Waals surface area (Å²) in [6, 6.07) is 1.39. The first kappa shape index (κ1) is 11.3. The van der Waals surface area contributed by atoms with Gasteiger partial charge in [-0.1, -0.05) is 15.9 Å². The molecule has 0 saturated carbocycles. The smallest absolute Gasteiger partial charge is 0.266 e. The number of hydrogen-bond acceptors (Lipinski definition) is 3. The molecule has 14 heavy (non-hydrogen) atoms. The lowest BCUT2D eigenvalue weighted by Crippen LogP contribution is -2.07. The number of nitrogens with zero attached hydrogens (tertiary/aromatic N) is 1. The van der Waals surface area contributed by atoms with Crippen LogP contribution in [0.25, 0.3) is 0 Å². The summed E-state index contributed by atoms with van der Waals surface area (Å²) < 4.78 is 30.2. The van der Waals surface area contributed by atoms with Gasteiger partial charge in [0.2, 0.25) is 5.88 Å². The number of ether oxygens (including phenoxy) is 1. The number of hydrogen-bond donors (Lipinski definition) is 1. The monoisotopic (exact) mass is 266 g/mol. The maximum atomic E-state index is 12.5. The van der Waals surface area contributed by atoms with Gasteiger partial charge in [-0.3, -0.25) is 0 Å². The molecule has 1 rings (SSSR count). The highest BCUT2D eigenvalue weighted by Gasteiger charge is 2.18. The van der Waals surface area contributed by atoms with Gasteiger partial charge in [0.1, 0.15) is 0 Å². The Kier molecular flexibility index (Phi) is 3.77. The third kappa shape index (κ3) is 2.19. The molecule has 6 heteroatoms. The summed E-state index contributed by atoms with van der Waals surface area (Å²) in [6.45, 7) is -0.0462. The van der Waals surface area contributed by atoms with Crippen molar-refractivity contribution in [2.45, 2.75) is 13.0 Å². The fraction of sp³-hybridized carbons (Fsp3) is 0.375. The second-order valence-corrected chi connectivity index (χ2v) is 3.37. The van der Waals surface area contributed by atoms with Crippen LogP contribution < -0.4 is 10.5 Å². The van der Waals surface area contributed by atoms with Crippen LogP contribution in [-0.2, 0) is 6.54 Å². The molecule has 0 bridgehead atoms. The van der Waals surface area contributed by atoms with Crippen molar-refractivity contribution in [3.63, 3.8) is 0 Å². The Bertz CT molecular complexity index is 333. The standard InChI is InChI=1S/C8H9BrF2N2O/c1-14-6-2-4(9)7(8(10)11)5(3-12)13-6/h2,8H,3,12H2,1H3. The Morgan fingerprint density at radius 2 is 2.29 bits per heavy atom. The molecule has 1 aromatic rings. The Morgan fingerprint density at radius 1 is 1.64 bits per heavy atom. The molecule has 1 aromatic heterocycles. The minimum absolute atomic E-state index is 0.0462. The van der Waals surface area contributed by atoms with Crippen molar-refractivity contribution >= 4 is 15.9 Å². The van der Waals surface area contributed by atoms with Crippen molar-refractivity contribution in [1.29, 1.82) is 0 Å². The van der Waals surface area contributed by atoms with E-state index in [0.717, 1.165) is 0 Å². The van der Waals surface area contributed by atoms with Gasteiger partial charge in [-0.15, -0.1) is 0 Å². The van der Waals surface area contributed by atoms with E-state index in [1.807, 2.05) is 0 Å². The van der Waals surface area contributed by atoms with Crippen molar-refractivity contribution in [2.75, 3.05) is 7.11 Å². The van der Waals surface area contributed by atoms with E-state index in [0.29, 0.717) is 0 Å². The zero-order valence-electron chi connectivity index (χ0n) is 7.43. The minimum Gasteiger partial charge on any atom is -0.481 e. The second kappa shape index (κ2) is 4.65. The summed E-state index contributed by atoms with van der Waals surface area (Å²) >= 11 is 3.02. The minimum atomic E-state index is -2.60. The van der Waals surface area contributed by atoms with Crippen LogP contribution in [0.2, 0.25) is 0 Å². The van der Waals surface area contributed by atoms with E-state index in [-0.39, 0.29) is 28.2 Å². The van der Waals surface area contributed by atoms with E-state index in [4.69, 9.17) is 10.5 Å². The Balaban J connectivity index is 3.27. The van der Waals surface area contributed by atoms with Crippen LogP contribution in [0.4, 0.5) is 8.78 Å². The quantitative estimate of drug-likeness (QED) is 0.913. The van der Waals surface area contributed by atoms with Crippen LogP contribution in [0, 0.1) is 0 Å². The lowest BCUT2D eigenvalue weighted by molar-refractivity contribution is 0.148. The van der Waals surface area contributed by atoms with Crippen LogP contribution in [-0.4, -0.2) is 12.1 Å². The fourth-order valence-electron chi connectivity index (χ4n) is 1.04. The van der Waals surface area contributed by atoms with E-state index < -0.39 is 6.43 Å². The molecule has 1 heterocycles. The van der Waals surface area contributed by atoms with E-state index in [9.17, 15) is 8.78 Å². The van der Waals surface area contributed by atoms with Gasteiger partial charge in [0.15, 0.2) is 0 Å². The highest BCUT2D eigenvalue weighted by molar-refractivity contribution is 9.10. The van der Waals surface area contributed by atoms with E-state index >= 15 is 0 Å². The van der Waals surface area contributed by atoms with Crippen LogP contribution in [0.3, 0.4) is 0 Å². The van der Waals surface area contributed by atoms with E-state index in [2.05, 4.69) is 20.9 Å². The first-order valence-corrected chi connectivity index (χ1v) is 4.61. The van der Waals surface area contributed by atoms with Crippen LogP contribution in [0.1, 0.15) is 17.7 Å². The topological polar surface area (TPSA) is 48.1 Å². The molecule has 78 valence electrons. The SMILES string of the molecule is COc1cc(Br)c(C(F)F)c(CN)n1. The summed E-state index contributed by atoms with van der Waals surface area (Å²) in [4.78, 5) is 3.83. The third-order valence-corrected chi connectivity index (χ3v) is 2.34. The average molecular weight is 267 g/mol. The molecule has 0 aliphatic rings. The van der Waals surface area contributed by atoms with E-state index in [1.165, 1.54) is 13.2 Å². The molecule has 0 amide bonds. The van der Waals surface area contributed by atoms with Crippen molar-refractivity contribution in [3.8, 4) is 5.88 Å². The number of rotatable bonds is 3. The molecule has 0 aromatic carbocycles. The van der Waals surface area contributed by atoms with Crippen molar-refractivity contribution < 1.29 is 13.5 Å². The van der Waals surface area contributed by atoms with Crippen LogP contribution in [0.5, 0.6) is 5.88 Å². The molecular weight excluding hydrogens is 258 g/mol. The van der Waals surface area contributed by atoms with Gasteiger partial charge in [-0.05, 0) is 0 Å². The largest absolute Gasteiger partial charge is 0.481 e. The first-order valence-electron chi connectivity index (χ1n) is 3.81. The molecule has 0 saturated heterocycles. The molecule has 0 aliphatic heterocycles. The fourth-order valence-corrected chi connectivity index (χ4v) is 1.64. The summed E-state index contributed by atoms with van der Waals surface area (Å²) in [5.41, 5.74) is 5.28. The second-order valence-electron chi connectivity index (χ2n) is 2.51. The molecule has 0 aliphatic carbocycles. The number of nitrogens with two attached hydrogens (primary N) is 1. The summed E-state index contributed by atoms with van der Waals surface area (Å²) in [5.74, 6) is 0.265. The van der Waals surface area contributed by atoms with Crippen molar-refractivity contribution in [2.24, 2.45) is 5.73 Å². The van der Waals surface area contributed by atoms with Gasteiger partial charge in [0, 0.05) is 17.1 Å². The van der Waals surface area contributed by atoms with Gasteiger partial charge in [0.25, 0.3) is 6.43 Å². The number of halogens is 3. The highest BCUT2D eigenvalue weighted by Crippen LogP contribution is 2.31. The summed E-state index contributed by atoms with van der Waals surface area (Å²) in [5, 5.41) is 0. The van der Waals surface area contributed by atoms with E-state index in [1.54, 1.807) is 0 Å².